The molecule has 0 aliphatic carbocycles. The summed E-state index contributed by atoms with van der Waals surface area (Å²) < 4.78 is 53.1. The third-order valence-corrected chi connectivity index (χ3v) is 5.00. The van der Waals surface area contributed by atoms with Gasteiger partial charge in [0.25, 0.3) is 0 Å². The zero-order valence-electron chi connectivity index (χ0n) is 12.1. The van der Waals surface area contributed by atoms with Crippen molar-refractivity contribution in [1.82, 2.24) is 4.31 Å². The number of nitrogens with zero attached hydrogens (tertiary/aromatic N) is 1. The quantitative estimate of drug-likeness (QED) is 0.741. The summed E-state index contributed by atoms with van der Waals surface area (Å²) in [4.78, 5) is 20.1. The number of hydrogen-bond donors (Lipinski definition) is 2. The third-order valence-electron chi connectivity index (χ3n) is 2.74. The van der Waals surface area contributed by atoms with Crippen molar-refractivity contribution >= 4 is 39.2 Å². The highest BCUT2D eigenvalue weighted by Gasteiger charge is 2.31. The summed E-state index contributed by atoms with van der Waals surface area (Å²) in [6, 6.07) is 0.574. The molecule has 0 saturated carbocycles. The van der Waals surface area contributed by atoms with Crippen molar-refractivity contribution in [3.8, 4) is 0 Å². The lowest BCUT2D eigenvalue weighted by atomic mass is 10.3. The summed E-state index contributed by atoms with van der Waals surface area (Å²) in [6.07, 6.45) is -0.545. The highest BCUT2D eigenvalue weighted by atomic mass is 35.5. The molecule has 0 saturated heterocycles. The molecule has 0 atom stereocenters. The summed E-state index contributed by atoms with van der Waals surface area (Å²) in [6.45, 7) is 0.595. The van der Waals surface area contributed by atoms with E-state index in [0.29, 0.717) is 10.4 Å². The number of carboxylic acids is 1. The molecule has 0 spiro atoms. The Balaban J connectivity index is 3.34. The van der Waals surface area contributed by atoms with Crippen LogP contribution in [0.15, 0.2) is 11.0 Å². The number of sulfonamides is 1. The number of amides is 1. The summed E-state index contributed by atoms with van der Waals surface area (Å²) in [5.74, 6) is -4.96. The minimum absolute atomic E-state index is 0.415. The van der Waals surface area contributed by atoms with E-state index in [1.54, 1.807) is 0 Å². The van der Waals surface area contributed by atoms with Gasteiger partial charge in [-0.2, -0.15) is 0 Å². The first-order valence-electron chi connectivity index (χ1n) is 6.11. The molecular weight excluding hydrogens is 358 g/mol. The molecule has 0 radical (unpaired) electrons. The van der Waals surface area contributed by atoms with Gasteiger partial charge in [-0.15, -0.1) is 0 Å². The van der Waals surface area contributed by atoms with E-state index in [4.69, 9.17) is 16.7 Å². The minimum atomic E-state index is -4.64. The fraction of sp³-hybridized carbons (Fsp3) is 0.333. The van der Waals surface area contributed by atoms with E-state index < -0.39 is 62.1 Å². The van der Waals surface area contributed by atoms with Gasteiger partial charge in [0.05, 0.1) is 12.1 Å². The van der Waals surface area contributed by atoms with E-state index in [1.165, 1.54) is 0 Å². The number of hydrogen-bond acceptors (Lipinski definition) is 4. The standard InChI is InChI=1S/C12H13ClF2N2O5S/c1-6(18)16-8-5-7(14)12(11(15)10(8)13)23(21,22)17(2)4-3-9(19)20/h5H,3-4H2,1-2H3,(H,16,18)(H,19,20). The van der Waals surface area contributed by atoms with Gasteiger partial charge in [0.15, 0.2) is 10.7 Å². The number of halogens is 3. The zero-order chi connectivity index (χ0) is 17.9. The van der Waals surface area contributed by atoms with Crippen molar-refractivity contribution in [3.05, 3.63) is 22.7 Å². The van der Waals surface area contributed by atoms with Crippen molar-refractivity contribution in [3.63, 3.8) is 0 Å². The van der Waals surface area contributed by atoms with Crippen LogP contribution in [0.1, 0.15) is 13.3 Å². The van der Waals surface area contributed by atoms with Crippen LogP contribution in [0.25, 0.3) is 0 Å². The molecule has 0 heterocycles. The summed E-state index contributed by atoms with van der Waals surface area (Å²) in [5, 5.41) is 9.84. The molecule has 0 fully saturated rings. The summed E-state index contributed by atoms with van der Waals surface area (Å²) in [5.41, 5.74) is -0.415. The Labute approximate surface area is 135 Å². The van der Waals surface area contributed by atoms with E-state index in [-0.39, 0.29) is 0 Å². The van der Waals surface area contributed by atoms with Crippen LogP contribution in [0.3, 0.4) is 0 Å². The molecule has 128 valence electrons. The van der Waals surface area contributed by atoms with Gasteiger partial charge in [-0.05, 0) is 0 Å². The Hall–Kier alpha value is -1.78. The number of aliphatic carboxylic acids is 1. The van der Waals surface area contributed by atoms with Gasteiger partial charge in [-0.1, -0.05) is 11.6 Å². The van der Waals surface area contributed by atoms with Crippen molar-refractivity contribution in [2.75, 3.05) is 18.9 Å². The van der Waals surface area contributed by atoms with Gasteiger partial charge in [0, 0.05) is 26.6 Å². The first-order valence-corrected chi connectivity index (χ1v) is 7.93. The molecule has 7 nitrogen and oxygen atoms in total. The molecule has 0 aromatic heterocycles. The predicted octanol–water partition coefficient (Wildman–Crippen LogP) is 1.67. The fourth-order valence-electron chi connectivity index (χ4n) is 1.62. The van der Waals surface area contributed by atoms with Crippen LogP contribution in [-0.2, 0) is 19.6 Å². The number of carbonyl (C=O) groups is 2. The molecule has 1 amide bonds. The van der Waals surface area contributed by atoms with Gasteiger partial charge in [0.2, 0.25) is 15.9 Å². The molecule has 0 bridgehead atoms. The van der Waals surface area contributed by atoms with Crippen LogP contribution in [0.5, 0.6) is 0 Å². The Bertz CT molecular complexity index is 754. The molecule has 0 unspecified atom stereocenters. The summed E-state index contributed by atoms with van der Waals surface area (Å²) >= 11 is 5.62. The number of nitrogens with one attached hydrogen (secondary N) is 1. The molecule has 1 rings (SSSR count). The average Bonchev–Trinajstić information content (AvgIpc) is 2.40. The fourth-order valence-corrected chi connectivity index (χ4v) is 3.15. The van der Waals surface area contributed by atoms with Gasteiger partial charge < -0.3 is 10.4 Å². The maximum absolute atomic E-state index is 14.2. The molecular formula is C12H13ClF2N2O5S. The number of rotatable bonds is 6. The highest BCUT2D eigenvalue weighted by molar-refractivity contribution is 7.89. The molecule has 2 N–H and O–H groups in total. The Morgan fingerprint density at radius 2 is 1.96 bits per heavy atom. The maximum Gasteiger partial charge on any atom is 0.304 e. The van der Waals surface area contributed by atoms with Crippen molar-refractivity contribution < 1.29 is 31.9 Å². The minimum Gasteiger partial charge on any atom is -0.481 e. The second kappa shape index (κ2) is 7.20. The molecule has 0 aliphatic heterocycles. The van der Waals surface area contributed by atoms with E-state index >= 15 is 0 Å². The second-order valence-corrected chi connectivity index (χ2v) is 6.87. The Morgan fingerprint density at radius 1 is 1.39 bits per heavy atom. The third kappa shape index (κ3) is 4.36. The largest absolute Gasteiger partial charge is 0.481 e. The highest BCUT2D eigenvalue weighted by Crippen LogP contribution is 2.33. The van der Waals surface area contributed by atoms with Crippen LogP contribution >= 0.6 is 11.6 Å². The van der Waals surface area contributed by atoms with Crippen molar-refractivity contribution in [1.29, 1.82) is 0 Å². The predicted molar refractivity (Wildman–Crippen MR) is 77.7 cm³/mol. The zero-order valence-corrected chi connectivity index (χ0v) is 13.6. The molecule has 1 aromatic rings. The number of benzene rings is 1. The van der Waals surface area contributed by atoms with Crippen LogP contribution in [0, 0.1) is 11.6 Å². The molecule has 0 aliphatic rings. The van der Waals surface area contributed by atoms with Crippen molar-refractivity contribution in [2.24, 2.45) is 0 Å². The SMILES string of the molecule is CC(=O)Nc1cc(F)c(S(=O)(=O)N(C)CCC(=O)O)c(F)c1Cl. The van der Waals surface area contributed by atoms with E-state index in [2.05, 4.69) is 5.32 Å². The van der Waals surface area contributed by atoms with Crippen molar-refractivity contribution in [2.45, 2.75) is 18.2 Å². The molecule has 23 heavy (non-hydrogen) atoms. The van der Waals surface area contributed by atoms with Crippen LogP contribution in [0.2, 0.25) is 5.02 Å². The van der Waals surface area contributed by atoms with Gasteiger partial charge in [0.1, 0.15) is 10.8 Å². The molecule has 1 aromatic carbocycles. The lowest BCUT2D eigenvalue weighted by Gasteiger charge is -2.18. The van der Waals surface area contributed by atoms with E-state index in [9.17, 15) is 26.8 Å². The Kier molecular flexibility index (Phi) is 6.03. The lowest BCUT2D eigenvalue weighted by Crippen LogP contribution is -2.30. The normalized spacial score (nSPS) is 11.6. The topological polar surface area (TPSA) is 104 Å². The smallest absolute Gasteiger partial charge is 0.304 e. The van der Waals surface area contributed by atoms with E-state index in [1.807, 2.05) is 0 Å². The maximum atomic E-state index is 14.2. The Morgan fingerprint density at radius 3 is 2.43 bits per heavy atom. The van der Waals surface area contributed by atoms with Gasteiger partial charge in [-0.3, -0.25) is 9.59 Å². The molecule has 11 heteroatoms. The van der Waals surface area contributed by atoms with E-state index in [0.717, 1.165) is 14.0 Å². The van der Waals surface area contributed by atoms with Gasteiger partial charge >= 0.3 is 5.97 Å². The number of carboxylic acid groups (broad SMARTS) is 1. The van der Waals surface area contributed by atoms with Crippen LogP contribution < -0.4 is 5.32 Å². The number of carbonyl (C=O) groups excluding carboxylic acids is 1. The first-order chi connectivity index (χ1) is 10.5. The van der Waals surface area contributed by atoms with Crippen LogP contribution in [-0.4, -0.2) is 43.3 Å². The van der Waals surface area contributed by atoms with Gasteiger partial charge in [-0.25, -0.2) is 21.5 Å². The number of anilines is 1. The van der Waals surface area contributed by atoms with Crippen LogP contribution in [0.4, 0.5) is 14.5 Å². The second-order valence-electron chi connectivity index (χ2n) is 4.51. The average molecular weight is 371 g/mol. The monoisotopic (exact) mass is 370 g/mol. The lowest BCUT2D eigenvalue weighted by molar-refractivity contribution is -0.137. The first kappa shape index (κ1) is 19.3. The summed E-state index contributed by atoms with van der Waals surface area (Å²) in [7, 11) is -3.66.